The van der Waals surface area contributed by atoms with E-state index in [0.717, 1.165) is 27.6 Å². The van der Waals surface area contributed by atoms with E-state index in [1.54, 1.807) is 44.3 Å². The highest BCUT2D eigenvalue weighted by molar-refractivity contribution is 5.97. The molecule has 4 rings (SSSR count). The number of halogens is 1. The van der Waals surface area contributed by atoms with Crippen LogP contribution in [0.4, 0.5) is 4.39 Å². The zero-order chi connectivity index (χ0) is 22.7. The van der Waals surface area contributed by atoms with Crippen LogP contribution >= 0.6 is 0 Å². The van der Waals surface area contributed by atoms with Crippen LogP contribution in [0.3, 0.4) is 0 Å². The average Bonchev–Trinajstić information content (AvgIpc) is 3.23. The minimum Gasteiger partial charge on any atom is -0.461 e. The number of aromatic nitrogens is 2. The van der Waals surface area contributed by atoms with Crippen LogP contribution in [-0.4, -0.2) is 28.3 Å². The summed E-state index contributed by atoms with van der Waals surface area (Å²) in [5.74, 6) is -0.706. The summed E-state index contributed by atoms with van der Waals surface area (Å²) in [7, 11) is 0. The summed E-state index contributed by atoms with van der Waals surface area (Å²) in [5, 5.41) is 0.877. The number of nitrogens with one attached hydrogen (secondary N) is 1. The summed E-state index contributed by atoms with van der Waals surface area (Å²) in [4.78, 5) is 32.0. The third-order valence-electron chi connectivity index (χ3n) is 5.36. The van der Waals surface area contributed by atoms with Gasteiger partial charge in [0, 0.05) is 23.5 Å². The number of benzene rings is 2. The molecule has 4 aromatic rings. The van der Waals surface area contributed by atoms with Crippen LogP contribution in [0, 0.1) is 12.7 Å². The summed E-state index contributed by atoms with van der Waals surface area (Å²) in [6.07, 6.45) is 2.44. The zero-order valence-electron chi connectivity index (χ0n) is 17.9. The molecule has 2 aromatic carbocycles. The van der Waals surface area contributed by atoms with Crippen LogP contribution in [0.2, 0.25) is 0 Å². The van der Waals surface area contributed by atoms with Crippen molar-refractivity contribution in [2.24, 2.45) is 0 Å². The van der Waals surface area contributed by atoms with Gasteiger partial charge in [0.15, 0.2) is 5.78 Å². The second-order valence-electron chi connectivity index (χ2n) is 7.64. The van der Waals surface area contributed by atoms with Gasteiger partial charge in [-0.15, -0.1) is 0 Å². The Morgan fingerprint density at radius 1 is 1.03 bits per heavy atom. The first-order valence-corrected chi connectivity index (χ1v) is 10.5. The Kier molecular flexibility index (Phi) is 6.12. The van der Waals surface area contributed by atoms with Crippen LogP contribution in [0.25, 0.3) is 22.0 Å². The lowest BCUT2D eigenvalue weighted by atomic mass is 10.0. The van der Waals surface area contributed by atoms with Gasteiger partial charge in [-0.25, -0.2) is 9.18 Å². The molecule has 0 aliphatic rings. The van der Waals surface area contributed by atoms with Gasteiger partial charge in [0.25, 0.3) is 0 Å². The number of hydrogen-bond donors (Lipinski definition) is 1. The lowest BCUT2D eigenvalue weighted by Gasteiger charge is -2.06. The number of rotatable bonds is 7. The van der Waals surface area contributed by atoms with Crippen molar-refractivity contribution in [3.8, 4) is 11.1 Å². The van der Waals surface area contributed by atoms with Crippen LogP contribution in [-0.2, 0) is 11.2 Å². The Bertz CT molecular complexity index is 1310. The topological polar surface area (TPSA) is 72.0 Å². The number of H-pyrrole nitrogens is 1. The van der Waals surface area contributed by atoms with E-state index < -0.39 is 5.97 Å². The van der Waals surface area contributed by atoms with E-state index in [4.69, 9.17) is 4.74 Å². The highest BCUT2D eigenvalue weighted by atomic mass is 19.1. The second-order valence-corrected chi connectivity index (χ2v) is 7.64. The van der Waals surface area contributed by atoms with Gasteiger partial charge in [-0.2, -0.15) is 0 Å². The number of carbonyl (C=O) groups excluding carboxylic acids is 2. The van der Waals surface area contributed by atoms with Crippen molar-refractivity contribution in [2.45, 2.75) is 26.7 Å². The molecule has 0 saturated heterocycles. The number of pyridine rings is 1. The fraction of sp³-hybridized carbons (Fsp3) is 0.192. The number of carbonyl (C=O) groups is 2. The first-order valence-electron chi connectivity index (χ1n) is 10.5. The van der Waals surface area contributed by atoms with Crippen molar-refractivity contribution in [2.75, 3.05) is 6.61 Å². The molecule has 0 aliphatic heterocycles. The maximum Gasteiger partial charge on any atom is 0.354 e. The number of nitrogens with zero attached hydrogens (tertiary/aromatic N) is 1. The molecule has 5 nitrogen and oxygen atoms in total. The molecule has 0 amide bonds. The number of ketones is 1. The number of aromatic amines is 1. The number of fused-ring (bicyclic) bond motifs is 1. The molecule has 0 atom stereocenters. The van der Waals surface area contributed by atoms with Crippen LogP contribution in [0.1, 0.15) is 45.4 Å². The maximum atomic E-state index is 13.4. The maximum absolute atomic E-state index is 13.4. The van der Waals surface area contributed by atoms with Crippen molar-refractivity contribution in [3.05, 3.63) is 89.1 Å². The van der Waals surface area contributed by atoms with E-state index >= 15 is 0 Å². The number of hydrogen-bond acceptors (Lipinski definition) is 4. The number of ether oxygens (including phenoxy) is 1. The molecule has 6 heteroatoms. The van der Waals surface area contributed by atoms with Gasteiger partial charge < -0.3 is 9.72 Å². The third-order valence-corrected chi connectivity index (χ3v) is 5.36. The number of Topliss-reactive ketones (excluding diaryl/α,β-unsaturated/α-hetero) is 1. The minimum atomic E-state index is -0.390. The van der Waals surface area contributed by atoms with E-state index in [0.29, 0.717) is 36.4 Å². The zero-order valence-corrected chi connectivity index (χ0v) is 17.9. The Morgan fingerprint density at radius 3 is 2.62 bits per heavy atom. The normalized spacial score (nSPS) is 11.0. The SMILES string of the molecule is CCOC(=O)c1cc2cc(-c3ccnc(C(=O)CCc4ccc(F)c(C)c4)c3)ccc2[nH]1. The van der Waals surface area contributed by atoms with Gasteiger partial charge in [0.2, 0.25) is 0 Å². The van der Waals surface area contributed by atoms with Gasteiger partial charge >= 0.3 is 5.97 Å². The first-order chi connectivity index (χ1) is 15.4. The first kappa shape index (κ1) is 21.4. The van der Waals surface area contributed by atoms with Crippen LogP contribution in [0.5, 0.6) is 0 Å². The molecular formula is C26H23FN2O3. The quantitative estimate of drug-likeness (QED) is 0.303. The molecule has 0 saturated carbocycles. The van der Waals surface area contributed by atoms with E-state index in [1.165, 1.54) is 6.07 Å². The monoisotopic (exact) mass is 430 g/mol. The lowest BCUT2D eigenvalue weighted by Crippen LogP contribution is -2.04. The molecule has 0 spiro atoms. The third kappa shape index (κ3) is 4.59. The van der Waals surface area contributed by atoms with Gasteiger partial charge in [-0.3, -0.25) is 9.78 Å². The predicted molar refractivity (Wildman–Crippen MR) is 121 cm³/mol. The average molecular weight is 430 g/mol. The van der Waals surface area contributed by atoms with E-state index in [9.17, 15) is 14.0 Å². The highest BCUT2D eigenvalue weighted by Crippen LogP contribution is 2.26. The molecule has 32 heavy (non-hydrogen) atoms. The Balaban J connectivity index is 1.52. The summed E-state index contributed by atoms with van der Waals surface area (Å²) < 4.78 is 18.5. The van der Waals surface area contributed by atoms with E-state index in [1.807, 2.05) is 24.3 Å². The van der Waals surface area contributed by atoms with Gasteiger partial charge in [0.05, 0.1) is 6.61 Å². The Hall–Kier alpha value is -3.80. The highest BCUT2D eigenvalue weighted by Gasteiger charge is 2.13. The molecule has 0 fully saturated rings. The van der Waals surface area contributed by atoms with Gasteiger partial charge in [-0.1, -0.05) is 18.2 Å². The van der Waals surface area contributed by atoms with Crippen molar-refractivity contribution < 1.29 is 18.7 Å². The number of aryl methyl sites for hydroxylation is 2. The fourth-order valence-corrected chi connectivity index (χ4v) is 3.64. The van der Waals surface area contributed by atoms with E-state index in [2.05, 4.69) is 9.97 Å². The molecule has 2 heterocycles. The summed E-state index contributed by atoms with van der Waals surface area (Å²) >= 11 is 0. The molecule has 0 unspecified atom stereocenters. The number of esters is 1. The molecule has 0 radical (unpaired) electrons. The Labute approximate surface area is 185 Å². The predicted octanol–water partition coefficient (Wildman–Crippen LogP) is 5.67. The lowest BCUT2D eigenvalue weighted by molar-refractivity contribution is 0.0520. The van der Waals surface area contributed by atoms with Crippen molar-refractivity contribution in [1.82, 2.24) is 9.97 Å². The molecule has 2 aromatic heterocycles. The minimum absolute atomic E-state index is 0.0684. The summed E-state index contributed by atoms with van der Waals surface area (Å²) in [5.41, 5.74) is 4.89. The fourth-order valence-electron chi connectivity index (χ4n) is 3.64. The van der Waals surface area contributed by atoms with Crippen LogP contribution in [0.15, 0.2) is 60.8 Å². The van der Waals surface area contributed by atoms with Crippen molar-refractivity contribution >= 4 is 22.7 Å². The molecule has 0 bridgehead atoms. The van der Waals surface area contributed by atoms with Crippen LogP contribution < -0.4 is 0 Å². The van der Waals surface area contributed by atoms with Crippen molar-refractivity contribution in [1.29, 1.82) is 0 Å². The smallest absolute Gasteiger partial charge is 0.354 e. The van der Waals surface area contributed by atoms with Gasteiger partial charge in [-0.05, 0) is 78.9 Å². The molecule has 1 N–H and O–H groups in total. The van der Waals surface area contributed by atoms with E-state index in [-0.39, 0.29) is 11.6 Å². The summed E-state index contributed by atoms with van der Waals surface area (Å²) in [6, 6.07) is 16.1. The molecule has 0 aliphatic carbocycles. The second kappa shape index (κ2) is 9.14. The van der Waals surface area contributed by atoms with Gasteiger partial charge in [0.1, 0.15) is 17.2 Å². The molecular weight excluding hydrogens is 407 g/mol. The largest absolute Gasteiger partial charge is 0.461 e. The van der Waals surface area contributed by atoms with Crippen molar-refractivity contribution in [3.63, 3.8) is 0 Å². The standard InChI is InChI=1S/C26H23FN2O3/c1-3-32-26(31)24-15-20-13-18(6-8-22(20)29-24)19-10-11-28-23(14-19)25(30)9-5-17-4-7-21(27)16(2)12-17/h4,6-8,10-15,29H,3,5,9H2,1-2H3. The Morgan fingerprint density at radius 2 is 1.84 bits per heavy atom. The molecule has 162 valence electrons. The summed E-state index contributed by atoms with van der Waals surface area (Å²) in [6.45, 7) is 3.79.